The molecule has 7 heteroatoms. The standard InChI is InChI=1S/C13H19N3O3S/c1-3-16-6-4-5-9(16)7-14-13-15-10(12(18)19)11(20-13)8(2)17/h9H,3-7H2,1-2H3,(H,14,15)(H,18,19). The molecule has 1 saturated heterocycles. The van der Waals surface area contributed by atoms with Gasteiger partial charge in [0.05, 0.1) is 0 Å². The summed E-state index contributed by atoms with van der Waals surface area (Å²) in [4.78, 5) is 29.1. The fourth-order valence-electron chi connectivity index (χ4n) is 2.53. The first-order valence-electron chi connectivity index (χ1n) is 6.76. The van der Waals surface area contributed by atoms with Gasteiger partial charge in [0.15, 0.2) is 16.6 Å². The molecule has 2 N–H and O–H groups in total. The lowest BCUT2D eigenvalue weighted by molar-refractivity contribution is 0.0687. The molecule has 1 aliphatic heterocycles. The van der Waals surface area contributed by atoms with Crippen LogP contribution < -0.4 is 5.32 Å². The zero-order chi connectivity index (χ0) is 14.7. The summed E-state index contributed by atoms with van der Waals surface area (Å²) in [5, 5.41) is 12.7. The van der Waals surface area contributed by atoms with E-state index in [1.165, 1.54) is 13.3 Å². The molecule has 1 aliphatic rings. The molecule has 2 rings (SSSR count). The number of carboxylic acid groups (broad SMARTS) is 1. The van der Waals surface area contributed by atoms with E-state index in [4.69, 9.17) is 5.11 Å². The second-order valence-corrected chi connectivity index (χ2v) is 5.86. The van der Waals surface area contributed by atoms with Gasteiger partial charge in [-0.3, -0.25) is 9.69 Å². The lowest BCUT2D eigenvalue weighted by atomic mass is 10.2. The van der Waals surface area contributed by atoms with Crippen molar-refractivity contribution in [2.75, 3.05) is 25.0 Å². The number of aromatic nitrogens is 1. The molecule has 0 radical (unpaired) electrons. The Morgan fingerprint density at radius 3 is 2.85 bits per heavy atom. The van der Waals surface area contributed by atoms with Gasteiger partial charge in [-0.25, -0.2) is 9.78 Å². The highest BCUT2D eigenvalue weighted by Crippen LogP contribution is 2.25. The van der Waals surface area contributed by atoms with Crippen LogP contribution in [0.4, 0.5) is 5.13 Å². The highest BCUT2D eigenvalue weighted by Gasteiger charge is 2.24. The Labute approximate surface area is 121 Å². The summed E-state index contributed by atoms with van der Waals surface area (Å²) in [6, 6.07) is 0.456. The Bertz CT molecular complexity index is 483. The normalized spacial score (nSPS) is 19.2. The number of thiazole rings is 1. The van der Waals surface area contributed by atoms with Crippen LogP contribution in [0.15, 0.2) is 0 Å². The van der Waals surface area contributed by atoms with E-state index in [0.717, 1.165) is 37.4 Å². The van der Waals surface area contributed by atoms with Crippen molar-refractivity contribution in [2.24, 2.45) is 0 Å². The molecule has 2 heterocycles. The van der Waals surface area contributed by atoms with Gasteiger partial charge in [0.2, 0.25) is 0 Å². The minimum Gasteiger partial charge on any atom is -0.476 e. The van der Waals surface area contributed by atoms with E-state index >= 15 is 0 Å². The summed E-state index contributed by atoms with van der Waals surface area (Å²) in [5.74, 6) is -1.42. The van der Waals surface area contributed by atoms with Crippen molar-refractivity contribution in [2.45, 2.75) is 32.7 Å². The number of rotatable bonds is 6. The number of nitrogens with zero attached hydrogens (tertiary/aromatic N) is 2. The molecule has 0 spiro atoms. The maximum Gasteiger partial charge on any atom is 0.356 e. The topological polar surface area (TPSA) is 82.5 Å². The molecule has 20 heavy (non-hydrogen) atoms. The number of carbonyl (C=O) groups excluding carboxylic acids is 1. The number of Topliss-reactive ketones (excluding diaryl/α,β-unsaturated/α-hetero) is 1. The summed E-state index contributed by atoms with van der Waals surface area (Å²) in [6.07, 6.45) is 2.33. The predicted molar refractivity (Wildman–Crippen MR) is 77.8 cm³/mol. The van der Waals surface area contributed by atoms with Crippen molar-refractivity contribution in [1.29, 1.82) is 0 Å². The maximum absolute atomic E-state index is 11.4. The molecule has 0 aliphatic carbocycles. The van der Waals surface area contributed by atoms with Crippen LogP contribution in [0.5, 0.6) is 0 Å². The minimum absolute atomic E-state index is 0.149. The Morgan fingerprint density at radius 2 is 2.30 bits per heavy atom. The first kappa shape index (κ1) is 14.9. The fraction of sp³-hybridized carbons (Fsp3) is 0.615. The summed E-state index contributed by atoms with van der Waals surface area (Å²) in [6.45, 7) is 6.36. The lowest BCUT2D eigenvalue weighted by Gasteiger charge is -2.22. The number of likely N-dealkylation sites (N-methyl/N-ethyl adjacent to an activating group) is 1. The third-order valence-electron chi connectivity index (χ3n) is 3.54. The molecule has 1 unspecified atom stereocenters. The molecule has 0 saturated carbocycles. The number of hydrogen-bond donors (Lipinski definition) is 2. The van der Waals surface area contributed by atoms with Crippen molar-refractivity contribution >= 4 is 28.2 Å². The van der Waals surface area contributed by atoms with Crippen molar-refractivity contribution in [3.05, 3.63) is 10.6 Å². The van der Waals surface area contributed by atoms with Crippen LogP contribution >= 0.6 is 11.3 Å². The molecule has 1 fully saturated rings. The Morgan fingerprint density at radius 1 is 1.55 bits per heavy atom. The van der Waals surface area contributed by atoms with E-state index in [-0.39, 0.29) is 16.4 Å². The van der Waals surface area contributed by atoms with Gasteiger partial charge >= 0.3 is 5.97 Å². The minimum atomic E-state index is -1.16. The summed E-state index contributed by atoms with van der Waals surface area (Å²) in [7, 11) is 0. The van der Waals surface area contributed by atoms with Crippen LogP contribution in [-0.2, 0) is 0 Å². The highest BCUT2D eigenvalue weighted by molar-refractivity contribution is 7.17. The third-order valence-corrected chi connectivity index (χ3v) is 4.66. The number of nitrogens with one attached hydrogen (secondary N) is 1. The number of aromatic carboxylic acids is 1. The van der Waals surface area contributed by atoms with Crippen molar-refractivity contribution in [1.82, 2.24) is 9.88 Å². The van der Waals surface area contributed by atoms with Crippen LogP contribution in [-0.4, -0.2) is 52.4 Å². The van der Waals surface area contributed by atoms with Crippen molar-refractivity contribution in [3.63, 3.8) is 0 Å². The van der Waals surface area contributed by atoms with Gasteiger partial charge in [0.25, 0.3) is 0 Å². The van der Waals surface area contributed by atoms with E-state index in [0.29, 0.717) is 11.2 Å². The van der Waals surface area contributed by atoms with E-state index in [1.807, 2.05) is 0 Å². The van der Waals surface area contributed by atoms with Gasteiger partial charge in [-0.15, -0.1) is 0 Å². The SMILES string of the molecule is CCN1CCCC1CNc1nc(C(=O)O)c(C(C)=O)s1. The third kappa shape index (κ3) is 3.16. The summed E-state index contributed by atoms with van der Waals surface area (Å²) in [5.41, 5.74) is -0.149. The van der Waals surface area contributed by atoms with E-state index in [2.05, 4.69) is 22.1 Å². The molecule has 6 nitrogen and oxygen atoms in total. The van der Waals surface area contributed by atoms with E-state index in [1.54, 1.807) is 0 Å². The fourth-order valence-corrected chi connectivity index (χ4v) is 3.39. The molecular weight excluding hydrogens is 278 g/mol. The van der Waals surface area contributed by atoms with Crippen molar-refractivity contribution < 1.29 is 14.7 Å². The quantitative estimate of drug-likeness (QED) is 0.781. The highest BCUT2D eigenvalue weighted by atomic mass is 32.1. The summed E-state index contributed by atoms with van der Waals surface area (Å²) >= 11 is 1.12. The van der Waals surface area contributed by atoms with Gasteiger partial charge < -0.3 is 10.4 Å². The second kappa shape index (κ2) is 6.32. The van der Waals surface area contributed by atoms with Gasteiger partial charge in [-0.05, 0) is 25.9 Å². The Kier molecular flexibility index (Phi) is 4.72. The molecule has 110 valence electrons. The van der Waals surface area contributed by atoms with Crippen molar-refractivity contribution in [3.8, 4) is 0 Å². The number of anilines is 1. The number of likely N-dealkylation sites (tertiary alicyclic amines) is 1. The summed E-state index contributed by atoms with van der Waals surface area (Å²) < 4.78 is 0. The van der Waals surface area contributed by atoms with Crippen LogP contribution in [0, 0.1) is 0 Å². The van der Waals surface area contributed by atoms with E-state index in [9.17, 15) is 9.59 Å². The average molecular weight is 297 g/mol. The lowest BCUT2D eigenvalue weighted by Crippen LogP contribution is -2.34. The van der Waals surface area contributed by atoms with E-state index < -0.39 is 5.97 Å². The molecule has 0 amide bonds. The Hall–Kier alpha value is -1.47. The predicted octanol–water partition coefficient (Wildman–Crippen LogP) is 1.94. The average Bonchev–Trinajstić information content (AvgIpc) is 3.02. The van der Waals surface area contributed by atoms with Gasteiger partial charge in [0.1, 0.15) is 4.88 Å². The second-order valence-electron chi connectivity index (χ2n) is 4.86. The van der Waals surface area contributed by atoms with Crippen LogP contribution in [0.1, 0.15) is 46.8 Å². The molecular formula is C13H19N3O3S. The Balaban J connectivity index is 2.05. The number of hydrogen-bond acceptors (Lipinski definition) is 6. The molecule has 1 aromatic heterocycles. The number of carboxylic acids is 1. The first-order valence-corrected chi connectivity index (χ1v) is 7.57. The van der Waals surface area contributed by atoms with Crippen LogP contribution in [0.2, 0.25) is 0 Å². The van der Waals surface area contributed by atoms with Gasteiger partial charge in [-0.1, -0.05) is 18.3 Å². The molecule has 1 aromatic rings. The molecule has 0 aromatic carbocycles. The largest absolute Gasteiger partial charge is 0.476 e. The molecule has 0 bridgehead atoms. The van der Waals surface area contributed by atoms with Gasteiger partial charge in [-0.2, -0.15) is 0 Å². The monoisotopic (exact) mass is 297 g/mol. The van der Waals surface area contributed by atoms with Gasteiger partial charge in [0, 0.05) is 19.5 Å². The first-order chi connectivity index (χ1) is 9.52. The van der Waals surface area contributed by atoms with Crippen LogP contribution in [0.3, 0.4) is 0 Å². The maximum atomic E-state index is 11.4. The number of carbonyl (C=O) groups is 2. The number of ketones is 1. The van der Waals surface area contributed by atoms with Crippen LogP contribution in [0.25, 0.3) is 0 Å². The smallest absolute Gasteiger partial charge is 0.356 e. The zero-order valence-corrected chi connectivity index (χ0v) is 12.5. The zero-order valence-electron chi connectivity index (χ0n) is 11.7. The molecule has 1 atom stereocenters.